The molecule has 1 aromatic heterocycles. The van der Waals surface area contributed by atoms with E-state index in [2.05, 4.69) is 12.2 Å². The first-order valence-electron chi connectivity index (χ1n) is 6.77. The zero-order valence-corrected chi connectivity index (χ0v) is 12.3. The van der Waals surface area contributed by atoms with E-state index in [0.29, 0.717) is 24.5 Å². The topological polar surface area (TPSA) is 69.3 Å². The van der Waals surface area contributed by atoms with Gasteiger partial charge < -0.3 is 20.4 Å². The van der Waals surface area contributed by atoms with Gasteiger partial charge in [0.2, 0.25) is 0 Å². The highest BCUT2D eigenvalue weighted by atomic mass is 16.5. The molecule has 0 aliphatic rings. The van der Waals surface area contributed by atoms with Crippen molar-refractivity contribution in [2.24, 2.45) is 0 Å². The lowest BCUT2D eigenvalue weighted by Crippen LogP contribution is -2.41. The van der Waals surface area contributed by atoms with Crippen LogP contribution in [0.1, 0.15) is 44.6 Å². The number of aryl methyl sites for hydroxylation is 1. The third kappa shape index (κ3) is 4.59. The molecule has 1 heterocycles. The van der Waals surface area contributed by atoms with E-state index in [1.165, 1.54) is 0 Å². The van der Waals surface area contributed by atoms with Gasteiger partial charge in [0.25, 0.3) is 5.91 Å². The number of ether oxygens (including phenoxy) is 1. The second kappa shape index (κ2) is 6.61. The van der Waals surface area contributed by atoms with Crippen molar-refractivity contribution in [1.29, 1.82) is 0 Å². The summed E-state index contributed by atoms with van der Waals surface area (Å²) in [5, 5.41) is 2.90. The summed E-state index contributed by atoms with van der Waals surface area (Å²) in [6.07, 6.45) is 2.75. The van der Waals surface area contributed by atoms with Gasteiger partial charge in [0, 0.05) is 25.9 Å². The van der Waals surface area contributed by atoms with E-state index in [-0.39, 0.29) is 11.5 Å². The Morgan fingerprint density at radius 1 is 1.47 bits per heavy atom. The van der Waals surface area contributed by atoms with Crippen molar-refractivity contribution < 1.29 is 9.53 Å². The molecule has 1 amide bonds. The van der Waals surface area contributed by atoms with Crippen molar-refractivity contribution in [2.75, 3.05) is 18.9 Å². The first-order chi connectivity index (χ1) is 8.89. The summed E-state index contributed by atoms with van der Waals surface area (Å²) >= 11 is 0. The number of amides is 1. The van der Waals surface area contributed by atoms with E-state index in [4.69, 9.17) is 10.5 Å². The van der Waals surface area contributed by atoms with Gasteiger partial charge in [0.1, 0.15) is 5.69 Å². The average molecular weight is 267 g/mol. The fourth-order valence-corrected chi connectivity index (χ4v) is 1.97. The van der Waals surface area contributed by atoms with Crippen molar-refractivity contribution >= 4 is 11.6 Å². The Morgan fingerprint density at radius 3 is 2.74 bits per heavy atom. The molecule has 3 N–H and O–H groups in total. The number of hydrogen-bond donors (Lipinski definition) is 2. The molecule has 0 spiro atoms. The molecule has 0 aliphatic carbocycles. The zero-order valence-electron chi connectivity index (χ0n) is 12.3. The number of carbonyl (C=O) groups excluding carboxylic acids is 1. The number of nitrogens with one attached hydrogen (secondary N) is 1. The Balaban J connectivity index is 2.68. The molecule has 0 saturated heterocycles. The molecule has 0 radical (unpaired) electrons. The Hall–Kier alpha value is -1.49. The van der Waals surface area contributed by atoms with Crippen LogP contribution in [0.4, 0.5) is 5.69 Å². The maximum absolute atomic E-state index is 12.2. The Labute approximate surface area is 115 Å². The van der Waals surface area contributed by atoms with Crippen molar-refractivity contribution in [1.82, 2.24) is 9.88 Å². The monoisotopic (exact) mass is 267 g/mol. The predicted octanol–water partition coefficient (Wildman–Crippen LogP) is 2.03. The molecule has 5 nitrogen and oxygen atoms in total. The number of nitrogen functional groups attached to an aromatic ring is 1. The lowest BCUT2D eigenvalue weighted by molar-refractivity contribution is -0.00821. The van der Waals surface area contributed by atoms with Crippen LogP contribution in [0, 0.1) is 0 Å². The molecule has 0 aromatic carbocycles. The van der Waals surface area contributed by atoms with Crippen LogP contribution in [0.3, 0.4) is 0 Å². The third-order valence-corrected chi connectivity index (χ3v) is 2.82. The summed E-state index contributed by atoms with van der Waals surface area (Å²) in [6.45, 7) is 9.80. The minimum atomic E-state index is -0.363. The Morgan fingerprint density at radius 2 is 2.16 bits per heavy atom. The Bertz CT molecular complexity index is 424. The number of aromatic nitrogens is 1. The second-order valence-electron chi connectivity index (χ2n) is 5.23. The molecule has 1 aromatic rings. The molecule has 5 heteroatoms. The first-order valence-corrected chi connectivity index (χ1v) is 6.77. The normalized spacial score (nSPS) is 11.6. The quantitative estimate of drug-likeness (QED) is 0.794. The SMILES string of the molecule is CCCn1cc(N)cc1C(=O)NCC(C)(C)OCC. The molecule has 0 saturated carbocycles. The van der Waals surface area contributed by atoms with Crippen molar-refractivity contribution in [3.05, 3.63) is 18.0 Å². The fraction of sp³-hybridized carbons (Fsp3) is 0.643. The number of rotatable bonds is 7. The largest absolute Gasteiger partial charge is 0.397 e. The fourth-order valence-electron chi connectivity index (χ4n) is 1.97. The number of hydrogen-bond acceptors (Lipinski definition) is 3. The predicted molar refractivity (Wildman–Crippen MR) is 77.2 cm³/mol. The number of carbonyl (C=O) groups is 1. The lowest BCUT2D eigenvalue weighted by atomic mass is 10.1. The molecule has 0 fully saturated rings. The van der Waals surface area contributed by atoms with Crippen LogP contribution >= 0.6 is 0 Å². The van der Waals surface area contributed by atoms with Gasteiger partial charge in [-0.3, -0.25) is 4.79 Å². The van der Waals surface area contributed by atoms with Crippen LogP contribution in [0.2, 0.25) is 0 Å². The third-order valence-electron chi connectivity index (χ3n) is 2.82. The van der Waals surface area contributed by atoms with Crippen molar-refractivity contribution in [2.45, 2.75) is 46.3 Å². The second-order valence-corrected chi connectivity index (χ2v) is 5.23. The molecule has 19 heavy (non-hydrogen) atoms. The number of nitrogens with two attached hydrogens (primary N) is 1. The van der Waals surface area contributed by atoms with Crippen LogP contribution in [0.5, 0.6) is 0 Å². The average Bonchev–Trinajstić information content (AvgIpc) is 2.68. The molecule has 0 unspecified atom stereocenters. The smallest absolute Gasteiger partial charge is 0.268 e. The first kappa shape index (κ1) is 15.6. The summed E-state index contributed by atoms with van der Waals surface area (Å²) in [7, 11) is 0. The van der Waals surface area contributed by atoms with Gasteiger partial charge in [0.05, 0.1) is 11.3 Å². The van der Waals surface area contributed by atoms with Gasteiger partial charge in [-0.25, -0.2) is 0 Å². The molecule has 108 valence electrons. The lowest BCUT2D eigenvalue weighted by Gasteiger charge is -2.25. The molecule has 1 rings (SSSR count). The van der Waals surface area contributed by atoms with Crippen LogP contribution < -0.4 is 11.1 Å². The zero-order chi connectivity index (χ0) is 14.5. The van der Waals surface area contributed by atoms with Gasteiger partial charge >= 0.3 is 0 Å². The maximum Gasteiger partial charge on any atom is 0.268 e. The van der Waals surface area contributed by atoms with Crippen LogP contribution in [-0.2, 0) is 11.3 Å². The highest BCUT2D eigenvalue weighted by molar-refractivity contribution is 5.93. The molecule has 0 bridgehead atoms. The summed E-state index contributed by atoms with van der Waals surface area (Å²) in [6, 6.07) is 1.71. The van der Waals surface area contributed by atoms with Gasteiger partial charge in [-0.1, -0.05) is 6.92 Å². The van der Waals surface area contributed by atoms with E-state index in [9.17, 15) is 4.79 Å². The van der Waals surface area contributed by atoms with Crippen LogP contribution in [0.15, 0.2) is 12.3 Å². The summed E-state index contributed by atoms with van der Waals surface area (Å²) in [5.41, 5.74) is 6.61. The minimum Gasteiger partial charge on any atom is -0.397 e. The van der Waals surface area contributed by atoms with E-state index < -0.39 is 0 Å². The standard InChI is InChI=1S/C14H25N3O2/c1-5-7-17-9-11(15)8-12(17)13(18)16-10-14(3,4)19-6-2/h8-9H,5-7,10,15H2,1-4H3,(H,16,18). The number of nitrogens with zero attached hydrogens (tertiary/aromatic N) is 1. The van der Waals surface area contributed by atoms with Gasteiger partial charge in [-0.05, 0) is 33.3 Å². The summed E-state index contributed by atoms with van der Waals surface area (Å²) in [4.78, 5) is 12.2. The molecule has 0 atom stereocenters. The summed E-state index contributed by atoms with van der Waals surface area (Å²) in [5.74, 6) is -0.113. The van der Waals surface area contributed by atoms with Crippen molar-refractivity contribution in [3.8, 4) is 0 Å². The van der Waals surface area contributed by atoms with Gasteiger partial charge in [-0.2, -0.15) is 0 Å². The van der Waals surface area contributed by atoms with E-state index in [1.807, 2.05) is 25.3 Å². The van der Waals surface area contributed by atoms with Gasteiger partial charge in [0.15, 0.2) is 0 Å². The Kier molecular flexibility index (Phi) is 5.42. The van der Waals surface area contributed by atoms with Crippen LogP contribution in [-0.4, -0.2) is 29.2 Å². The van der Waals surface area contributed by atoms with Gasteiger partial charge in [-0.15, -0.1) is 0 Å². The minimum absolute atomic E-state index is 0.113. The number of anilines is 1. The highest BCUT2D eigenvalue weighted by Gasteiger charge is 2.20. The maximum atomic E-state index is 12.2. The van der Waals surface area contributed by atoms with E-state index in [1.54, 1.807) is 12.3 Å². The molecular weight excluding hydrogens is 242 g/mol. The van der Waals surface area contributed by atoms with E-state index >= 15 is 0 Å². The molecule has 0 aliphatic heterocycles. The summed E-state index contributed by atoms with van der Waals surface area (Å²) < 4.78 is 7.44. The van der Waals surface area contributed by atoms with Crippen molar-refractivity contribution in [3.63, 3.8) is 0 Å². The van der Waals surface area contributed by atoms with Crippen LogP contribution in [0.25, 0.3) is 0 Å². The highest BCUT2D eigenvalue weighted by Crippen LogP contribution is 2.12. The van der Waals surface area contributed by atoms with E-state index in [0.717, 1.165) is 13.0 Å². The molecular formula is C14H25N3O2.